The third-order valence-corrected chi connectivity index (χ3v) is 8.40. The average molecular weight is 597 g/mol. The van der Waals surface area contributed by atoms with Crippen molar-refractivity contribution in [2.24, 2.45) is 0 Å². The van der Waals surface area contributed by atoms with Crippen molar-refractivity contribution in [2.45, 2.75) is 53.4 Å². The molecule has 0 aromatic carbocycles. The van der Waals surface area contributed by atoms with Crippen molar-refractivity contribution >= 4 is 62.3 Å². The normalized spacial score (nSPS) is 14.6. The zero-order valence-corrected chi connectivity index (χ0v) is 25.7. The first-order valence-corrected chi connectivity index (χ1v) is 14.3. The maximum absolute atomic E-state index is 12.2. The largest absolute Gasteiger partial charge is 0.469 e. The van der Waals surface area contributed by atoms with Crippen LogP contribution in [0.15, 0.2) is 43.4 Å². The predicted octanol–water partition coefficient (Wildman–Crippen LogP) is 7.68. The van der Waals surface area contributed by atoms with E-state index in [0.29, 0.717) is 68.9 Å². The highest BCUT2D eigenvalue weighted by Crippen LogP contribution is 2.37. The molecule has 2 N–H and O–H groups in total. The van der Waals surface area contributed by atoms with Crippen LogP contribution in [-0.2, 0) is 25.5 Å². The molecule has 0 saturated heterocycles. The summed E-state index contributed by atoms with van der Waals surface area (Å²) in [6.45, 7) is 5.99. The monoisotopic (exact) mass is 596 g/mol. The van der Waals surface area contributed by atoms with Crippen molar-refractivity contribution in [3.05, 3.63) is 88.4 Å². The molecule has 44 heavy (non-hydrogen) atoms. The van der Waals surface area contributed by atoms with Crippen LogP contribution in [0, 0.1) is 13.8 Å². The molecule has 2 aliphatic rings. The topological polar surface area (TPSA) is 110 Å². The molecule has 0 atom stereocenters. The Kier molecular flexibility index (Phi) is 6.58. The van der Waals surface area contributed by atoms with Gasteiger partial charge in [-0.25, -0.2) is 9.97 Å². The molecular formula is C36H38N4O4. The number of nitrogens with one attached hydrogen (secondary N) is 2. The zero-order valence-electron chi connectivity index (χ0n) is 31.7. The van der Waals surface area contributed by atoms with E-state index < -0.39 is 13.1 Å². The molecule has 0 saturated carbocycles. The first kappa shape index (κ1) is 23.5. The van der Waals surface area contributed by atoms with Crippen LogP contribution < -0.4 is 0 Å². The molecule has 0 unspecified atom stereocenters. The molecular weight excluding hydrogens is 552 g/mol. The summed E-state index contributed by atoms with van der Waals surface area (Å²) in [4.78, 5) is 41.1. The van der Waals surface area contributed by atoms with Gasteiger partial charge in [-0.05, 0) is 98.2 Å². The second kappa shape index (κ2) is 12.3. The predicted molar refractivity (Wildman–Crippen MR) is 177 cm³/mol. The number of H-pyrrole nitrogens is 2. The van der Waals surface area contributed by atoms with Crippen LogP contribution >= 0.6 is 0 Å². The van der Waals surface area contributed by atoms with Crippen molar-refractivity contribution in [3.63, 3.8) is 0 Å². The molecule has 8 heteroatoms. The molecule has 226 valence electrons. The Morgan fingerprint density at radius 2 is 1.39 bits per heavy atom. The number of hydrogen-bond donors (Lipinski definition) is 2. The van der Waals surface area contributed by atoms with E-state index in [9.17, 15) is 9.59 Å². The van der Waals surface area contributed by atoms with E-state index in [0.717, 1.165) is 27.8 Å². The lowest BCUT2D eigenvalue weighted by Gasteiger charge is -2.04. The van der Waals surface area contributed by atoms with E-state index in [1.54, 1.807) is 26.0 Å². The number of rotatable bonds is 8. The number of methoxy groups -OCH3 is 2. The molecule has 0 aliphatic carbocycles. The van der Waals surface area contributed by atoms with Gasteiger partial charge in [0.05, 0.1) is 45.2 Å². The molecule has 5 heterocycles. The zero-order chi connectivity index (χ0) is 36.6. The summed E-state index contributed by atoms with van der Waals surface area (Å²) in [5.74, 6) is -0.739. The lowest BCUT2D eigenvalue weighted by atomic mass is 10.00. The van der Waals surface area contributed by atoms with Gasteiger partial charge in [0.15, 0.2) is 0 Å². The fraction of sp³-hybridized carbons (Fsp3) is 0.278. The van der Waals surface area contributed by atoms with E-state index in [1.807, 2.05) is 26.0 Å². The summed E-state index contributed by atoms with van der Waals surface area (Å²) in [6.07, 6.45) is 0.941. The second-order valence-electron chi connectivity index (χ2n) is 10.9. The van der Waals surface area contributed by atoms with Gasteiger partial charge in [-0.2, -0.15) is 0 Å². The van der Waals surface area contributed by atoms with E-state index in [-0.39, 0.29) is 42.5 Å². The smallest absolute Gasteiger partial charge is 0.305 e. The number of hydrogen-bond acceptors (Lipinski definition) is 6. The molecule has 0 radical (unpaired) electrons. The molecule has 8 bridgehead atoms. The Labute approximate surface area is 265 Å². The minimum absolute atomic E-state index is 0.112. The summed E-state index contributed by atoms with van der Waals surface area (Å²) in [5, 5.41) is 0. The van der Waals surface area contributed by atoms with Crippen molar-refractivity contribution in [1.82, 2.24) is 19.9 Å². The summed E-state index contributed by atoms with van der Waals surface area (Å²) in [5.41, 5.74) is 9.34. The maximum atomic E-state index is 12.2. The summed E-state index contributed by atoms with van der Waals surface area (Å²) >= 11 is 0. The molecule has 0 spiro atoms. The summed E-state index contributed by atoms with van der Waals surface area (Å²) in [7, 11) is 2.67. The number of carbonyl (C=O) groups is 2. The lowest BCUT2D eigenvalue weighted by Crippen LogP contribution is -2.02. The molecule has 5 rings (SSSR count). The van der Waals surface area contributed by atoms with E-state index in [1.165, 1.54) is 14.2 Å². The van der Waals surface area contributed by atoms with Crippen LogP contribution in [0.1, 0.15) is 86.4 Å². The van der Waals surface area contributed by atoms with E-state index >= 15 is 0 Å². The molecule has 0 amide bonds. The number of allylic oxidation sites excluding steroid dienone is 5. The Morgan fingerprint density at radius 1 is 0.773 bits per heavy atom. The Hall–Kier alpha value is -4.98. The van der Waals surface area contributed by atoms with Gasteiger partial charge in [-0.1, -0.05) is 25.2 Å². The van der Waals surface area contributed by atoms with Crippen molar-refractivity contribution in [2.75, 3.05) is 14.2 Å². The van der Waals surface area contributed by atoms with Gasteiger partial charge < -0.3 is 19.4 Å². The quantitative estimate of drug-likeness (QED) is 0.258. The van der Waals surface area contributed by atoms with Gasteiger partial charge in [0.1, 0.15) is 0 Å². The maximum Gasteiger partial charge on any atom is 0.305 e. The van der Waals surface area contributed by atoms with Crippen molar-refractivity contribution in [3.8, 4) is 0 Å². The van der Waals surface area contributed by atoms with Crippen LogP contribution in [0.25, 0.3) is 50.4 Å². The van der Waals surface area contributed by atoms with Gasteiger partial charge in [-0.3, -0.25) is 9.59 Å². The average Bonchev–Trinajstić information content (AvgIpc) is 3.74. The minimum atomic E-state index is -0.692. The fourth-order valence-electron chi connectivity index (χ4n) is 5.72. The number of aryl methyl sites for hydroxylation is 3. The number of esters is 2. The molecule has 8 nitrogen and oxygen atoms in total. The highest BCUT2D eigenvalue weighted by atomic mass is 16.5. The first-order valence-electron chi connectivity index (χ1n) is 17.3. The summed E-state index contributed by atoms with van der Waals surface area (Å²) in [6, 6.07) is 6.50. The number of fused-ring (bicyclic) bond motifs is 8. The minimum Gasteiger partial charge on any atom is -0.469 e. The van der Waals surface area contributed by atoms with Crippen molar-refractivity contribution < 1.29 is 27.3 Å². The SMILES string of the molecule is [2H]C([2H])=C([2H])C1=C(C)c2cc3[nH]c(cc4[nH]c(cc5nc(cc1n2)C(C)=C5CCC(=O)OC)c(CCC(=O)OC)c4C)c(C)c3C([2H])=C([2H])[2H]. The van der Waals surface area contributed by atoms with Crippen LogP contribution in [0.4, 0.5) is 0 Å². The molecule has 3 aromatic rings. The van der Waals surface area contributed by atoms with Gasteiger partial charge in [0, 0.05) is 46.0 Å². The second-order valence-corrected chi connectivity index (χ2v) is 10.9. The number of aromatic amines is 2. The number of nitrogens with zero attached hydrogens (tertiary/aromatic N) is 2. The summed E-state index contributed by atoms with van der Waals surface area (Å²) < 4.78 is 58.9. The fourth-order valence-corrected chi connectivity index (χ4v) is 5.72. The Bertz CT molecular complexity index is 2240. The van der Waals surface area contributed by atoms with Crippen LogP contribution in [0.5, 0.6) is 0 Å². The third kappa shape index (κ3) is 5.55. The number of aromatic nitrogens is 4. The van der Waals surface area contributed by atoms with Gasteiger partial charge >= 0.3 is 11.9 Å². The Morgan fingerprint density at radius 3 is 2.09 bits per heavy atom. The van der Waals surface area contributed by atoms with E-state index in [4.69, 9.17) is 27.7 Å². The van der Waals surface area contributed by atoms with Gasteiger partial charge in [0.25, 0.3) is 0 Å². The highest BCUT2D eigenvalue weighted by Gasteiger charge is 2.22. The number of carbonyl (C=O) groups excluding carboxylic acids is 2. The van der Waals surface area contributed by atoms with E-state index in [2.05, 4.69) is 9.97 Å². The first-order chi connectivity index (χ1) is 23.7. The third-order valence-electron chi connectivity index (χ3n) is 8.40. The van der Waals surface area contributed by atoms with Crippen LogP contribution in [-0.4, -0.2) is 46.1 Å². The standard InChI is InChI=1S/C36H38N4O4/c1-9-23-19(3)27-15-28-21(5)25(11-13-35(41)43-7)33(39-28)18-34-26(12-14-36(42)44-8)22(6)30(40-34)17-32-24(10-2)20(4)29(38-32)16-31(23)37-27/h9-10,15-18,37,39H,1-2,11-14H2,3-8H3/i1D2,2D2,9D,10D. The number of ether oxygens (including phenoxy) is 2. The van der Waals surface area contributed by atoms with Crippen LogP contribution in [0.3, 0.4) is 0 Å². The molecule has 3 aromatic heterocycles. The molecule has 0 fully saturated rings. The van der Waals surface area contributed by atoms with Crippen LogP contribution in [0.2, 0.25) is 0 Å². The highest BCUT2D eigenvalue weighted by molar-refractivity contribution is 5.98. The lowest BCUT2D eigenvalue weighted by molar-refractivity contribution is -0.141. The van der Waals surface area contributed by atoms with Crippen molar-refractivity contribution in [1.29, 1.82) is 0 Å². The molecule has 2 aliphatic heterocycles. The van der Waals surface area contributed by atoms with Gasteiger partial charge in [0.2, 0.25) is 0 Å². The Balaban J connectivity index is 1.98. The van der Waals surface area contributed by atoms with Gasteiger partial charge in [-0.15, -0.1) is 0 Å².